The number of rotatable bonds is 5. The minimum atomic E-state index is -4.41. The van der Waals surface area contributed by atoms with Gasteiger partial charge < -0.3 is 19.9 Å². The van der Waals surface area contributed by atoms with Gasteiger partial charge in [0.15, 0.2) is 0 Å². The summed E-state index contributed by atoms with van der Waals surface area (Å²) in [6.07, 6.45) is -4.11. The lowest BCUT2D eigenvalue weighted by Gasteiger charge is -2.49. The summed E-state index contributed by atoms with van der Waals surface area (Å²) in [5.41, 5.74) is 1.84. The number of morpholine rings is 1. The second-order valence-corrected chi connectivity index (χ2v) is 9.44. The summed E-state index contributed by atoms with van der Waals surface area (Å²) in [6, 6.07) is 13.9. The Bertz CT molecular complexity index is 1030. The number of fused-ring (bicyclic) bond motifs is 3. The van der Waals surface area contributed by atoms with Crippen molar-refractivity contribution in [3.8, 4) is 0 Å². The second-order valence-electron chi connectivity index (χ2n) is 9.44. The molecule has 3 aliphatic heterocycles. The van der Waals surface area contributed by atoms with E-state index in [9.17, 15) is 18.0 Å². The van der Waals surface area contributed by atoms with Crippen molar-refractivity contribution in [3.63, 3.8) is 0 Å². The van der Waals surface area contributed by atoms with E-state index < -0.39 is 17.7 Å². The van der Waals surface area contributed by atoms with Gasteiger partial charge >= 0.3 is 6.18 Å². The molecular weight excluding hydrogens is 457 g/mol. The average Bonchev–Trinajstić information content (AvgIpc) is 2.88. The topological polar surface area (TPSA) is 48.1 Å². The van der Waals surface area contributed by atoms with E-state index in [4.69, 9.17) is 4.74 Å². The summed E-state index contributed by atoms with van der Waals surface area (Å²) in [5.74, 6) is -0.520. The molecule has 0 aromatic heterocycles. The van der Waals surface area contributed by atoms with E-state index in [0.717, 1.165) is 43.6 Å². The lowest BCUT2D eigenvalue weighted by atomic mass is 9.82. The summed E-state index contributed by atoms with van der Waals surface area (Å²) in [7, 11) is 0. The molecular formula is C26H31F3N4O2. The van der Waals surface area contributed by atoms with Crippen molar-refractivity contribution in [2.75, 3.05) is 68.8 Å². The Morgan fingerprint density at radius 3 is 2.54 bits per heavy atom. The third-order valence-corrected chi connectivity index (χ3v) is 7.33. The maximum Gasteiger partial charge on any atom is 0.416 e. The molecule has 2 saturated heterocycles. The quantitative estimate of drug-likeness (QED) is 0.701. The lowest BCUT2D eigenvalue weighted by Crippen LogP contribution is -2.61. The van der Waals surface area contributed by atoms with Crippen molar-refractivity contribution in [1.82, 2.24) is 10.2 Å². The minimum absolute atomic E-state index is 0.0915. The number of piperazine rings is 1. The highest BCUT2D eigenvalue weighted by Crippen LogP contribution is 2.40. The zero-order valence-corrected chi connectivity index (χ0v) is 19.6. The van der Waals surface area contributed by atoms with Crippen LogP contribution < -0.4 is 15.1 Å². The van der Waals surface area contributed by atoms with Crippen molar-refractivity contribution in [1.29, 1.82) is 0 Å². The van der Waals surface area contributed by atoms with Gasteiger partial charge in [0.25, 0.3) is 0 Å². The van der Waals surface area contributed by atoms with Crippen molar-refractivity contribution >= 4 is 17.3 Å². The Labute approximate surface area is 203 Å². The van der Waals surface area contributed by atoms with Gasteiger partial charge in [-0.2, -0.15) is 13.2 Å². The fourth-order valence-electron chi connectivity index (χ4n) is 5.47. The highest BCUT2D eigenvalue weighted by Gasteiger charge is 2.42. The fraction of sp³-hybridized carbons (Fsp3) is 0.500. The van der Waals surface area contributed by atoms with Crippen molar-refractivity contribution in [3.05, 3.63) is 59.7 Å². The van der Waals surface area contributed by atoms with Gasteiger partial charge in [0.1, 0.15) is 0 Å². The number of ether oxygens (including phenoxy) is 1. The van der Waals surface area contributed by atoms with Gasteiger partial charge in [0.05, 0.1) is 30.7 Å². The number of anilines is 2. The van der Waals surface area contributed by atoms with Crippen LogP contribution in [0.5, 0.6) is 0 Å². The molecule has 5 rings (SSSR count). The maximum absolute atomic E-state index is 13.4. The molecule has 0 aliphatic carbocycles. The van der Waals surface area contributed by atoms with Crippen LogP contribution in [0, 0.1) is 5.92 Å². The summed E-state index contributed by atoms with van der Waals surface area (Å²) < 4.78 is 45.6. The van der Waals surface area contributed by atoms with Crippen LogP contribution in [0.3, 0.4) is 0 Å². The molecule has 1 N–H and O–H groups in total. The predicted molar refractivity (Wildman–Crippen MR) is 129 cm³/mol. The van der Waals surface area contributed by atoms with Gasteiger partial charge in [-0.1, -0.05) is 18.2 Å². The number of carbonyl (C=O) groups excluding carboxylic acids is 1. The van der Waals surface area contributed by atoms with E-state index in [-0.39, 0.29) is 11.9 Å². The number of hydrogen-bond donors (Lipinski definition) is 1. The molecule has 188 valence electrons. The molecule has 2 aromatic rings. The van der Waals surface area contributed by atoms with Gasteiger partial charge in [-0.15, -0.1) is 0 Å². The Balaban J connectivity index is 1.36. The van der Waals surface area contributed by atoms with E-state index >= 15 is 0 Å². The molecule has 6 nitrogen and oxygen atoms in total. The molecule has 2 atom stereocenters. The first-order valence-corrected chi connectivity index (χ1v) is 12.2. The number of nitrogens with zero attached hydrogens (tertiary/aromatic N) is 3. The largest absolute Gasteiger partial charge is 0.416 e. The van der Waals surface area contributed by atoms with Crippen molar-refractivity contribution < 1.29 is 22.7 Å². The highest BCUT2D eigenvalue weighted by molar-refractivity contribution is 5.82. The summed E-state index contributed by atoms with van der Waals surface area (Å²) in [5, 5.41) is 3.07. The zero-order valence-electron chi connectivity index (χ0n) is 19.6. The van der Waals surface area contributed by atoms with Crippen molar-refractivity contribution in [2.45, 2.75) is 18.6 Å². The van der Waals surface area contributed by atoms with Gasteiger partial charge in [-0.3, -0.25) is 9.69 Å². The van der Waals surface area contributed by atoms with E-state index in [0.29, 0.717) is 44.8 Å². The van der Waals surface area contributed by atoms with Crippen molar-refractivity contribution in [2.24, 2.45) is 5.92 Å². The molecule has 2 fully saturated rings. The monoisotopic (exact) mass is 488 g/mol. The third kappa shape index (κ3) is 5.26. The third-order valence-electron chi connectivity index (χ3n) is 7.33. The molecule has 0 spiro atoms. The number of halogens is 3. The Kier molecular flexibility index (Phi) is 6.88. The lowest BCUT2D eigenvalue weighted by molar-refractivity contribution is -0.137. The van der Waals surface area contributed by atoms with Gasteiger partial charge in [-0.05, 0) is 42.3 Å². The summed E-state index contributed by atoms with van der Waals surface area (Å²) in [6.45, 7) is 6.36. The maximum atomic E-state index is 13.4. The van der Waals surface area contributed by atoms with Crippen LogP contribution in [0.4, 0.5) is 24.5 Å². The molecule has 1 amide bonds. The predicted octanol–water partition coefficient (Wildman–Crippen LogP) is 3.02. The van der Waals surface area contributed by atoms with Crippen LogP contribution in [0.2, 0.25) is 0 Å². The van der Waals surface area contributed by atoms with E-state index in [2.05, 4.69) is 32.1 Å². The molecule has 2 aromatic carbocycles. The first-order chi connectivity index (χ1) is 16.9. The van der Waals surface area contributed by atoms with Crippen LogP contribution in [0.1, 0.15) is 11.1 Å². The van der Waals surface area contributed by atoms with Crippen LogP contribution >= 0.6 is 0 Å². The van der Waals surface area contributed by atoms with E-state index in [1.807, 2.05) is 18.2 Å². The smallest absolute Gasteiger partial charge is 0.379 e. The minimum Gasteiger partial charge on any atom is -0.379 e. The SMILES string of the molecule is O=C(NCCN1CCOCC1)[C@@H]1Cc2cc(C(F)(F)F)ccc2N2CCN(c3ccccc3)C[C@H]12. The number of alkyl halides is 3. The Hall–Kier alpha value is -2.78. The number of benzene rings is 2. The normalized spacial score (nSPS) is 22.9. The van der Waals surface area contributed by atoms with Crippen LogP contribution in [0.15, 0.2) is 48.5 Å². The molecule has 35 heavy (non-hydrogen) atoms. The molecule has 3 heterocycles. The van der Waals surface area contributed by atoms with Crippen LogP contribution in [-0.2, 0) is 22.1 Å². The highest BCUT2D eigenvalue weighted by atomic mass is 19.4. The number of hydrogen-bond acceptors (Lipinski definition) is 5. The molecule has 3 aliphatic rings. The van der Waals surface area contributed by atoms with Crippen LogP contribution in [-0.4, -0.2) is 75.9 Å². The standard InChI is InChI=1S/C26H31F3N4O2/c27-26(28,29)20-6-7-23-19(16-20)17-22(25(34)30-8-9-31-12-14-35-15-13-31)24-18-32(10-11-33(23)24)21-4-2-1-3-5-21/h1-7,16,22,24H,8-15,17-18H2,(H,30,34)/t22-,24-/m1/s1. The number of nitrogens with one attached hydrogen (secondary N) is 1. The Morgan fingerprint density at radius 2 is 1.80 bits per heavy atom. The second kappa shape index (κ2) is 10.1. The fourth-order valence-corrected chi connectivity index (χ4v) is 5.47. The summed E-state index contributed by atoms with van der Waals surface area (Å²) in [4.78, 5) is 20.1. The first kappa shape index (κ1) is 23.9. The molecule has 9 heteroatoms. The average molecular weight is 489 g/mol. The van der Waals surface area contributed by atoms with Gasteiger partial charge in [0, 0.05) is 57.2 Å². The Morgan fingerprint density at radius 1 is 1.03 bits per heavy atom. The number of carbonyl (C=O) groups is 1. The molecule has 0 bridgehead atoms. The summed E-state index contributed by atoms with van der Waals surface area (Å²) >= 11 is 0. The van der Waals surface area contributed by atoms with Crippen LogP contribution in [0.25, 0.3) is 0 Å². The van der Waals surface area contributed by atoms with Gasteiger partial charge in [0.2, 0.25) is 5.91 Å². The molecule has 0 saturated carbocycles. The zero-order chi connectivity index (χ0) is 24.4. The first-order valence-electron chi connectivity index (χ1n) is 12.2. The number of para-hydroxylation sites is 1. The van der Waals surface area contributed by atoms with Gasteiger partial charge in [-0.25, -0.2) is 0 Å². The molecule has 0 radical (unpaired) electrons. The van der Waals surface area contributed by atoms with E-state index in [1.165, 1.54) is 6.07 Å². The number of amides is 1. The molecule has 0 unspecified atom stereocenters. The van der Waals surface area contributed by atoms with E-state index in [1.54, 1.807) is 6.07 Å².